The molecule has 0 radical (unpaired) electrons. The van der Waals surface area contributed by atoms with Crippen molar-refractivity contribution in [1.82, 2.24) is 5.32 Å². The van der Waals surface area contributed by atoms with Crippen LogP contribution in [0.15, 0.2) is 24.3 Å². The first-order valence-electron chi connectivity index (χ1n) is 5.95. The van der Waals surface area contributed by atoms with Crippen molar-refractivity contribution in [2.24, 2.45) is 0 Å². The van der Waals surface area contributed by atoms with Gasteiger partial charge in [-0.25, -0.2) is 0 Å². The number of hydrogen-bond acceptors (Lipinski definition) is 3. The molecule has 0 spiro atoms. The number of hydrogen-bond donors (Lipinski definition) is 2. The quantitative estimate of drug-likeness (QED) is 0.861. The number of aliphatic hydroxyl groups is 1. The minimum atomic E-state index is -0.630. The van der Waals surface area contributed by atoms with Crippen LogP contribution >= 0.6 is 11.8 Å². The molecule has 1 unspecified atom stereocenters. The van der Waals surface area contributed by atoms with E-state index in [4.69, 9.17) is 0 Å². The van der Waals surface area contributed by atoms with Crippen LogP contribution in [0, 0.1) is 0 Å². The van der Waals surface area contributed by atoms with Crippen molar-refractivity contribution in [3.8, 4) is 0 Å². The fraction of sp³-hybridized carbons (Fsp3) is 0.500. The molecule has 1 rings (SSSR count). The van der Waals surface area contributed by atoms with E-state index in [1.807, 2.05) is 30.5 Å². The maximum atomic E-state index is 12.0. The van der Waals surface area contributed by atoms with E-state index in [0.717, 1.165) is 5.75 Å². The van der Waals surface area contributed by atoms with Crippen LogP contribution in [0.25, 0.3) is 0 Å². The van der Waals surface area contributed by atoms with E-state index in [2.05, 4.69) is 5.32 Å². The van der Waals surface area contributed by atoms with Gasteiger partial charge in [0.25, 0.3) is 5.91 Å². The number of carbonyl (C=O) groups is 1. The van der Waals surface area contributed by atoms with Crippen LogP contribution in [0.2, 0.25) is 0 Å². The second kappa shape index (κ2) is 6.25. The molecule has 0 aliphatic rings. The predicted molar refractivity (Wildman–Crippen MR) is 76.9 cm³/mol. The van der Waals surface area contributed by atoms with Crippen molar-refractivity contribution in [2.75, 3.05) is 6.26 Å². The molecule has 1 atom stereocenters. The Hall–Kier alpha value is -1.00. The number of carbonyl (C=O) groups excluding carboxylic acids is 1. The van der Waals surface area contributed by atoms with E-state index in [1.54, 1.807) is 32.5 Å². The van der Waals surface area contributed by atoms with E-state index in [-0.39, 0.29) is 5.91 Å². The molecule has 4 heteroatoms. The number of thioether (sulfide) groups is 1. The van der Waals surface area contributed by atoms with Crippen molar-refractivity contribution >= 4 is 17.7 Å². The zero-order valence-corrected chi connectivity index (χ0v) is 12.2. The number of nitrogens with one attached hydrogen (secondary N) is 1. The number of benzene rings is 1. The van der Waals surface area contributed by atoms with Gasteiger partial charge in [-0.2, -0.15) is 11.8 Å². The molecule has 0 aliphatic heterocycles. The standard InChI is InChI=1S/C14H21NO2S/c1-10(16)14(2,3)15-13(17)12-7-5-11(6-8-12)9-18-4/h5-8,10,16H,9H2,1-4H3,(H,15,17). The highest BCUT2D eigenvalue weighted by Gasteiger charge is 2.26. The third-order valence-electron chi connectivity index (χ3n) is 3.01. The van der Waals surface area contributed by atoms with E-state index in [9.17, 15) is 9.90 Å². The van der Waals surface area contributed by atoms with Crippen LogP contribution in [-0.2, 0) is 5.75 Å². The molecule has 0 aliphatic carbocycles. The second-order valence-corrected chi connectivity index (χ2v) is 5.85. The van der Waals surface area contributed by atoms with Crippen LogP contribution in [-0.4, -0.2) is 28.9 Å². The van der Waals surface area contributed by atoms with Gasteiger partial charge in [0.2, 0.25) is 0 Å². The molecule has 0 heterocycles. The Morgan fingerprint density at radius 1 is 1.39 bits per heavy atom. The van der Waals surface area contributed by atoms with Gasteiger partial charge in [0.1, 0.15) is 0 Å². The Labute approximate surface area is 113 Å². The summed E-state index contributed by atoms with van der Waals surface area (Å²) in [4.78, 5) is 12.0. The second-order valence-electron chi connectivity index (χ2n) is 4.98. The fourth-order valence-electron chi connectivity index (χ4n) is 1.39. The monoisotopic (exact) mass is 267 g/mol. The van der Waals surface area contributed by atoms with Gasteiger partial charge in [-0.05, 0) is 44.7 Å². The molecule has 0 saturated heterocycles. The van der Waals surface area contributed by atoms with Crippen molar-refractivity contribution in [3.63, 3.8) is 0 Å². The summed E-state index contributed by atoms with van der Waals surface area (Å²) in [6.07, 6.45) is 1.45. The lowest BCUT2D eigenvalue weighted by Gasteiger charge is -2.29. The topological polar surface area (TPSA) is 49.3 Å². The van der Waals surface area contributed by atoms with E-state index in [1.165, 1.54) is 5.56 Å². The Kier molecular flexibility index (Phi) is 5.23. The molecule has 3 nitrogen and oxygen atoms in total. The minimum Gasteiger partial charge on any atom is -0.391 e. The average molecular weight is 267 g/mol. The van der Waals surface area contributed by atoms with E-state index in [0.29, 0.717) is 5.56 Å². The Morgan fingerprint density at radius 3 is 2.39 bits per heavy atom. The molecular formula is C14H21NO2S. The summed E-state index contributed by atoms with van der Waals surface area (Å²) in [6.45, 7) is 5.27. The van der Waals surface area contributed by atoms with Gasteiger partial charge < -0.3 is 10.4 Å². The third kappa shape index (κ3) is 4.03. The summed E-state index contributed by atoms with van der Waals surface area (Å²) in [5.41, 5.74) is 1.19. The van der Waals surface area contributed by atoms with E-state index < -0.39 is 11.6 Å². The molecule has 0 fully saturated rings. The maximum Gasteiger partial charge on any atom is 0.251 e. The lowest BCUT2D eigenvalue weighted by molar-refractivity contribution is 0.0709. The van der Waals surface area contributed by atoms with Crippen molar-refractivity contribution in [2.45, 2.75) is 38.2 Å². The summed E-state index contributed by atoms with van der Waals surface area (Å²) in [5, 5.41) is 12.4. The van der Waals surface area contributed by atoms with Crippen molar-refractivity contribution in [3.05, 3.63) is 35.4 Å². The van der Waals surface area contributed by atoms with Gasteiger partial charge in [-0.3, -0.25) is 4.79 Å². The number of aliphatic hydroxyl groups excluding tert-OH is 1. The van der Waals surface area contributed by atoms with Gasteiger partial charge in [-0.15, -0.1) is 0 Å². The first kappa shape index (κ1) is 15.1. The summed E-state index contributed by atoms with van der Waals surface area (Å²) < 4.78 is 0. The SMILES string of the molecule is CSCc1ccc(C(=O)NC(C)(C)C(C)O)cc1. The summed E-state index contributed by atoms with van der Waals surface area (Å²) in [5.74, 6) is 0.790. The van der Waals surface area contributed by atoms with Crippen LogP contribution < -0.4 is 5.32 Å². The summed E-state index contributed by atoms with van der Waals surface area (Å²) in [6, 6.07) is 7.56. The predicted octanol–water partition coefficient (Wildman–Crippen LogP) is 2.44. The summed E-state index contributed by atoms with van der Waals surface area (Å²) in [7, 11) is 0. The van der Waals surface area contributed by atoms with Crippen molar-refractivity contribution < 1.29 is 9.90 Å². The highest BCUT2D eigenvalue weighted by Crippen LogP contribution is 2.13. The molecule has 1 aromatic carbocycles. The van der Waals surface area contributed by atoms with Crippen LogP contribution in [0.3, 0.4) is 0 Å². The third-order valence-corrected chi connectivity index (χ3v) is 3.63. The highest BCUT2D eigenvalue weighted by atomic mass is 32.2. The molecule has 1 amide bonds. The largest absolute Gasteiger partial charge is 0.391 e. The molecule has 0 aromatic heterocycles. The molecule has 2 N–H and O–H groups in total. The van der Waals surface area contributed by atoms with Gasteiger partial charge in [0, 0.05) is 11.3 Å². The molecule has 0 bridgehead atoms. The smallest absolute Gasteiger partial charge is 0.251 e. The summed E-state index contributed by atoms with van der Waals surface area (Å²) >= 11 is 1.75. The average Bonchev–Trinajstić information content (AvgIpc) is 2.29. The minimum absolute atomic E-state index is 0.156. The van der Waals surface area contributed by atoms with E-state index >= 15 is 0 Å². The maximum absolute atomic E-state index is 12.0. The molecule has 18 heavy (non-hydrogen) atoms. The van der Waals surface area contributed by atoms with Gasteiger partial charge in [0.15, 0.2) is 0 Å². The number of rotatable bonds is 5. The number of amides is 1. The first-order valence-corrected chi connectivity index (χ1v) is 7.34. The zero-order valence-electron chi connectivity index (χ0n) is 11.4. The van der Waals surface area contributed by atoms with Crippen molar-refractivity contribution in [1.29, 1.82) is 0 Å². The van der Waals surface area contributed by atoms with Gasteiger partial charge in [0.05, 0.1) is 11.6 Å². The van der Waals surface area contributed by atoms with Gasteiger partial charge in [-0.1, -0.05) is 12.1 Å². The lowest BCUT2D eigenvalue weighted by Crippen LogP contribution is -2.50. The fourth-order valence-corrected chi connectivity index (χ4v) is 1.91. The van der Waals surface area contributed by atoms with Crippen LogP contribution in [0.4, 0.5) is 0 Å². The van der Waals surface area contributed by atoms with Crippen LogP contribution in [0.1, 0.15) is 36.7 Å². The zero-order chi connectivity index (χ0) is 13.8. The Bertz CT molecular complexity index is 399. The first-order chi connectivity index (χ1) is 8.36. The molecular weight excluding hydrogens is 246 g/mol. The normalized spacial score (nSPS) is 13.2. The van der Waals surface area contributed by atoms with Crippen LogP contribution in [0.5, 0.6) is 0 Å². The molecule has 1 aromatic rings. The Balaban J connectivity index is 2.73. The lowest BCUT2D eigenvalue weighted by atomic mass is 9.98. The van der Waals surface area contributed by atoms with Gasteiger partial charge >= 0.3 is 0 Å². The highest BCUT2D eigenvalue weighted by molar-refractivity contribution is 7.97. The molecule has 0 saturated carbocycles. The molecule has 100 valence electrons. The Morgan fingerprint density at radius 2 is 1.94 bits per heavy atom.